The first-order valence-corrected chi connectivity index (χ1v) is 6.02. The Morgan fingerprint density at radius 1 is 1.06 bits per heavy atom. The molecule has 0 aromatic heterocycles. The van der Waals surface area contributed by atoms with Crippen LogP contribution in [0.25, 0.3) is 0 Å². The Kier molecular flexibility index (Phi) is 4.97. The molecule has 1 aromatic carbocycles. The maximum Gasteiger partial charge on any atom is 0.0472 e. The van der Waals surface area contributed by atoms with E-state index in [2.05, 4.69) is 68.4 Å². The highest BCUT2D eigenvalue weighted by Gasteiger charge is 2.22. The van der Waals surface area contributed by atoms with Gasteiger partial charge in [-0.3, -0.25) is 4.90 Å². The van der Waals surface area contributed by atoms with Crippen molar-refractivity contribution in [2.45, 2.75) is 38.9 Å². The van der Waals surface area contributed by atoms with Gasteiger partial charge in [0.15, 0.2) is 0 Å². The van der Waals surface area contributed by atoms with Gasteiger partial charge in [0.05, 0.1) is 0 Å². The predicted molar refractivity (Wildman–Crippen MR) is 70.6 cm³/mol. The summed E-state index contributed by atoms with van der Waals surface area (Å²) in [5.74, 6) is 0. The van der Waals surface area contributed by atoms with E-state index in [1.807, 2.05) is 7.05 Å². The van der Waals surface area contributed by atoms with Gasteiger partial charge in [0.25, 0.3) is 0 Å². The highest BCUT2D eigenvalue weighted by molar-refractivity contribution is 5.20. The third-order valence-electron chi connectivity index (χ3n) is 3.41. The second-order valence-electron chi connectivity index (χ2n) is 4.68. The van der Waals surface area contributed by atoms with Crippen molar-refractivity contribution in [3.63, 3.8) is 0 Å². The predicted octanol–water partition coefficient (Wildman–Crippen LogP) is 2.68. The highest BCUT2D eigenvalue weighted by atomic mass is 15.2. The standard InChI is InChI=1S/C14H24N2/c1-11(2)16(5)12(3)14(15-4)13-9-7-6-8-10-13/h6-12,14-15H,1-5H3. The summed E-state index contributed by atoms with van der Waals surface area (Å²) in [6.45, 7) is 6.73. The number of hydrogen-bond donors (Lipinski definition) is 1. The summed E-state index contributed by atoms with van der Waals surface area (Å²) in [4.78, 5) is 2.40. The molecule has 1 aromatic rings. The number of likely N-dealkylation sites (N-methyl/N-ethyl adjacent to an activating group) is 2. The summed E-state index contributed by atoms with van der Waals surface area (Å²) >= 11 is 0. The number of nitrogens with one attached hydrogen (secondary N) is 1. The fourth-order valence-electron chi connectivity index (χ4n) is 2.05. The van der Waals surface area contributed by atoms with E-state index in [0.717, 1.165) is 0 Å². The molecule has 0 fully saturated rings. The van der Waals surface area contributed by atoms with E-state index in [9.17, 15) is 0 Å². The van der Waals surface area contributed by atoms with Gasteiger partial charge in [0.2, 0.25) is 0 Å². The SMILES string of the molecule is CNC(c1ccccc1)C(C)N(C)C(C)C. The van der Waals surface area contributed by atoms with Crippen LogP contribution in [0.1, 0.15) is 32.4 Å². The average Bonchev–Trinajstić information content (AvgIpc) is 2.30. The molecule has 0 saturated heterocycles. The van der Waals surface area contributed by atoms with E-state index in [0.29, 0.717) is 18.1 Å². The summed E-state index contributed by atoms with van der Waals surface area (Å²) in [5, 5.41) is 3.41. The van der Waals surface area contributed by atoms with Crippen LogP contribution in [-0.2, 0) is 0 Å². The molecule has 0 radical (unpaired) electrons. The quantitative estimate of drug-likeness (QED) is 0.820. The summed E-state index contributed by atoms with van der Waals surface area (Å²) in [6, 6.07) is 12.1. The highest BCUT2D eigenvalue weighted by Crippen LogP contribution is 2.20. The number of hydrogen-bond acceptors (Lipinski definition) is 2. The molecule has 2 unspecified atom stereocenters. The van der Waals surface area contributed by atoms with Crippen molar-refractivity contribution in [2.75, 3.05) is 14.1 Å². The van der Waals surface area contributed by atoms with Crippen molar-refractivity contribution in [2.24, 2.45) is 0 Å². The van der Waals surface area contributed by atoms with E-state index in [1.54, 1.807) is 0 Å². The summed E-state index contributed by atoms with van der Waals surface area (Å²) in [7, 11) is 4.21. The molecule has 2 nitrogen and oxygen atoms in total. The van der Waals surface area contributed by atoms with Crippen LogP contribution in [0.4, 0.5) is 0 Å². The van der Waals surface area contributed by atoms with Crippen LogP contribution in [-0.4, -0.2) is 31.1 Å². The van der Waals surface area contributed by atoms with Gasteiger partial charge in [-0.2, -0.15) is 0 Å². The summed E-state index contributed by atoms with van der Waals surface area (Å²) in [5.41, 5.74) is 1.35. The van der Waals surface area contributed by atoms with Crippen LogP contribution < -0.4 is 5.32 Å². The lowest BCUT2D eigenvalue weighted by Gasteiger charge is -2.34. The number of benzene rings is 1. The third-order valence-corrected chi connectivity index (χ3v) is 3.41. The Balaban J connectivity index is 2.83. The van der Waals surface area contributed by atoms with Crippen molar-refractivity contribution < 1.29 is 0 Å². The van der Waals surface area contributed by atoms with Crippen molar-refractivity contribution in [3.8, 4) is 0 Å². The van der Waals surface area contributed by atoms with Crippen LogP contribution in [0.15, 0.2) is 30.3 Å². The molecule has 16 heavy (non-hydrogen) atoms. The van der Waals surface area contributed by atoms with Crippen LogP contribution >= 0.6 is 0 Å². The lowest BCUT2D eigenvalue weighted by Crippen LogP contribution is -2.43. The minimum Gasteiger partial charge on any atom is -0.312 e. The average molecular weight is 220 g/mol. The lowest BCUT2D eigenvalue weighted by molar-refractivity contribution is 0.172. The molecule has 0 spiro atoms. The molecule has 90 valence electrons. The van der Waals surface area contributed by atoms with Crippen molar-refractivity contribution >= 4 is 0 Å². The minimum absolute atomic E-state index is 0.383. The summed E-state index contributed by atoms with van der Waals surface area (Å²) < 4.78 is 0. The van der Waals surface area contributed by atoms with Gasteiger partial charge in [-0.05, 0) is 40.4 Å². The zero-order valence-corrected chi connectivity index (χ0v) is 11.1. The van der Waals surface area contributed by atoms with Gasteiger partial charge in [0.1, 0.15) is 0 Å². The van der Waals surface area contributed by atoms with Gasteiger partial charge in [0, 0.05) is 18.1 Å². The Labute approximate surface area is 99.7 Å². The topological polar surface area (TPSA) is 15.3 Å². The van der Waals surface area contributed by atoms with Crippen molar-refractivity contribution in [3.05, 3.63) is 35.9 Å². The second kappa shape index (κ2) is 6.02. The van der Waals surface area contributed by atoms with E-state index < -0.39 is 0 Å². The molecule has 2 heteroatoms. The molecule has 1 rings (SSSR count). The maximum absolute atomic E-state index is 3.41. The first-order valence-electron chi connectivity index (χ1n) is 6.02. The normalized spacial score (nSPS) is 15.4. The van der Waals surface area contributed by atoms with E-state index in [1.165, 1.54) is 5.56 Å². The Morgan fingerprint density at radius 3 is 2.06 bits per heavy atom. The van der Waals surface area contributed by atoms with Gasteiger partial charge in [-0.1, -0.05) is 30.3 Å². The van der Waals surface area contributed by atoms with Crippen LogP contribution in [0.3, 0.4) is 0 Å². The molecule has 2 atom stereocenters. The monoisotopic (exact) mass is 220 g/mol. The molecule has 0 aliphatic heterocycles. The molecule has 0 saturated carbocycles. The van der Waals surface area contributed by atoms with Crippen LogP contribution in [0, 0.1) is 0 Å². The lowest BCUT2D eigenvalue weighted by atomic mass is 9.99. The molecule has 0 amide bonds. The second-order valence-corrected chi connectivity index (χ2v) is 4.68. The molecule has 1 N–H and O–H groups in total. The Hall–Kier alpha value is -0.860. The molecule has 0 heterocycles. The smallest absolute Gasteiger partial charge is 0.0472 e. The minimum atomic E-state index is 0.383. The Bertz CT molecular complexity index is 295. The molecular weight excluding hydrogens is 196 g/mol. The van der Waals surface area contributed by atoms with Crippen molar-refractivity contribution in [1.29, 1.82) is 0 Å². The van der Waals surface area contributed by atoms with E-state index in [-0.39, 0.29) is 0 Å². The summed E-state index contributed by atoms with van der Waals surface area (Å²) in [6.07, 6.45) is 0. The first-order chi connectivity index (χ1) is 7.57. The van der Waals surface area contributed by atoms with Gasteiger partial charge < -0.3 is 5.32 Å². The van der Waals surface area contributed by atoms with Gasteiger partial charge >= 0.3 is 0 Å². The van der Waals surface area contributed by atoms with E-state index in [4.69, 9.17) is 0 Å². The third kappa shape index (κ3) is 3.06. The first kappa shape index (κ1) is 13.2. The van der Waals surface area contributed by atoms with Gasteiger partial charge in [-0.25, -0.2) is 0 Å². The number of nitrogens with zero attached hydrogens (tertiary/aromatic N) is 1. The maximum atomic E-state index is 3.41. The zero-order valence-electron chi connectivity index (χ0n) is 11.1. The molecule has 0 bridgehead atoms. The molecule has 0 aliphatic rings. The van der Waals surface area contributed by atoms with Gasteiger partial charge in [-0.15, -0.1) is 0 Å². The number of rotatable bonds is 5. The Morgan fingerprint density at radius 2 is 1.62 bits per heavy atom. The van der Waals surface area contributed by atoms with Crippen LogP contribution in [0.5, 0.6) is 0 Å². The largest absolute Gasteiger partial charge is 0.312 e. The molecule has 0 aliphatic carbocycles. The van der Waals surface area contributed by atoms with Crippen molar-refractivity contribution in [1.82, 2.24) is 10.2 Å². The zero-order chi connectivity index (χ0) is 12.1. The molecular formula is C14H24N2. The van der Waals surface area contributed by atoms with Crippen LogP contribution in [0.2, 0.25) is 0 Å². The van der Waals surface area contributed by atoms with E-state index >= 15 is 0 Å². The fourth-order valence-corrected chi connectivity index (χ4v) is 2.05. The fraction of sp³-hybridized carbons (Fsp3) is 0.571.